The normalized spacial score (nSPS) is 12.7. The molecule has 1 atom stereocenters. The maximum Gasteiger partial charge on any atom is 0.417 e. The lowest BCUT2D eigenvalue weighted by atomic mass is 10.1. The van der Waals surface area contributed by atoms with Gasteiger partial charge in [0.05, 0.1) is 22.5 Å². The molecule has 0 spiro atoms. The van der Waals surface area contributed by atoms with Crippen LogP contribution in [-0.4, -0.2) is 51.0 Å². The van der Waals surface area contributed by atoms with E-state index in [0.717, 1.165) is 23.3 Å². The van der Waals surface area contributed by atoms with Crippen molar-refractivity contribution in [3.63, 3.8) is 0 Å². The Labute approximate surface area is 215 Å². The Bertz CT molecular complexity index is 1230. The molecule has 0 heterocycles. The number of carbonyl (C=O) groups is 2. The highest BCUT2D eigenvalue weighted by Crippen LogP contribution is 2.37. The second kappa shape index (κ2) is 11.2. The summed E-state index contributed by atoms with van der Waals surface area (Å²) in [6.45, 7) is 0.329. The molecule has 0 fully saturated rings. The zero-order valence-electron chi connectivity index (χ0n) is 18.7. The van der Waals surface area contributed by atoms with Crippen LogP contribution in [0.2, 0.25) is 15.1 Å². The van der Waals surface area contributed by atoms with Crippen LogP contribution in [0.5, 0.6) is 0 Å². The van der Waals surface area contributed by atoms with Crippen LogP contribution in [0, 0.1) is 0 Å². The molecule has 0 aliphatic rings. The minimum Gasteiger partial charge on any atom is -0.357 e. The monoisotopic (exact) mass is 573 g/mol. The summed E-state index contributed by atoms with van der Waals surface area (Å²) in [4.78, 5) is 26.7. The number of nitrogens with zero attached hydrogens (tertiary/aromatic N) is 2. The first-order valence-corrected chi connectivity index (χ1v) is 12.8. The first-order chi connectivity index (χ1) is 16.1. The van der Waals surface area contributed by atoms with Gasteiger partial charge in [-0.25, -0.2) is 8.42 Å². The molecule has 2 aromatic carbocycles. The highest BCUT2D eigenvalue weighted by atomic mass is 35.5. The number of anilines is 1. The fraction of sp³-hybridized carbons (Fsp3) is 0.333. The van der Waals surface area contributed by atoms with Crippen LogP contribution in [-0.2, 0) is 32.3 Å². The van der Waals surface area contributed by atoms with Crippen LogP contribution >= 0.6 is 34.8 Å². The van der Waals surface area contributed by atoms with Gasteiger partial charge in [0, 0.05) is 23.6 Å². The number of sulfonamides is 1. The Balaban J connectivity index is 2.50. The molecule has 0 aromatic heterocycles. The second-order valence-corrected chi connectivity index (χ2v) is 10.6. The molecule has 0 unspecified atom stereocenters. The van der Waals surface area contributed by atoms with Crippen molar-refractivity contribution in [3.05, 3.63) is 62.6 Å². The minimum atomic E-state index is -4.86. The molecule has 14 heteroatoms. The number of alkyl halides is 3. The van der Waals surface area contributed by atoms with Crippen molar-refractivity contribution in [2.45, 2.75) is 25.7 Å². The van der Waals surface area contributed by atoms with E-state index in [-0.39, 0.29) is 11.6 Å². The van der Waals surface area contributed by atoms with E-state index >= 15 is 0 Å². The van der Waals surface area contributed by atoms with Gasteiger partial charge in [-0.3, -0.25) is 13.9 Å². The molecule has 2 rings (SSSR count). The van der Waals surface area contributed by atoms with E-state index in [9.17, 15) is 31.2 Å². The largest absolute Gasteiger partial charge is 0.417 e. The molecule has 0 saturated heterocycles. The minimum absolute atomic E-state index is 0.199. The number of amides is 2. The van der Waals surface area contributed by atoms with Crippen molar-refractivity contribution in [2.75, 3.05) is 24.2 Å². The van der Waals surface area contributed by atoms with Gasteiger partial charge >= 0.3 is 6.18 Å². The molecule has 192 valence electrons. The Kier molecular flexibility index (Phi) is 9.32. The van der Waals surface area contributed by atoms with Gasteiger partial charge in [-0.05, 0) is 42.8 Å². The summed E-state index contributed by atoms with van der Waals surface area (Å²) in [5.41, 5.74) is -1.27. The smallest absolute Gasteiger partial charge is 0.357 e. The molecule has 0 bridgehead atoms. The van der Waals surface area contributed by atoms with Gasteiger partial charge in [-0.2, -0.15) is 13.2 Å². The fourth-order valence-electron chi connectivity index (χ4n) is 3.12. The Morgan fingerprint density at radius 1 is 1.06 bits per heavy atom. The highest BCUT2D eigenvalue weighted by Gasteiger charge is 2.35. The van der Waals surface area contributed by atoms with Gasteiger partial charge in [0.15, 0.2) is 0 Å². The van der Waals surface area contributed by atoms with Crippen LogP contribution < -0.4 is 9.62 Å². The number of carbonyl (C=O) groups excluding carboxylic acids is 2. The predicted octanol–water partition coefficient (Wildman–Crippen LogP) is 4.59. The number of hydrogen-bond acceptors (Lipinski definition) is 4. The van der Waals surface area contributed by atoms with Gasteiger partial charge in [-0.1, -0.05) is 40.9 Å². The van der Waals surface area contributed by atoms with Crippen LogP contribution in [0.4, 0.5) is 18.9 Å². The summed E-state index contributed by atoms with van der Waals surface area (Å²) in [5, 5.41) is 2.30. The summed E-state index contributed by atoms with van der Waals surface area (Å²) < 4.78 is 65.4. The molecule has 7 nitrogen and oxygen atoms in total. The van der Waals surface area contributed by atoms with Crippen molar-refractivity contribution in [1.29, 1.82) is 0 Å². The van der Waals surface area contributed by atoms with E-state index in [2.05, 4.69) is 5.32 Å². The Morgan fingerprint density at radius 2 is 1.69 bits per heavy atom. The molecule has 0 aliphatic carbocycles. The van der Waals surface area contributed by atoms with E-state index in [0.29, 0.717) is 21.0 Å². The quantitative estimate of drug-likeness (QED) is 0.500. The van der Waals surface area contributed by atoms with Crippen molar-refractivity contribution < 1.29 is 31.2 Å². The summed E-state index contributed by atoms with van der Waals surface area (Å²) >= 11 is 17.7. The maximum absolute atomic E-state index is 13.3. The highest BCUT2D eigenvalue weighted by molar-refractivity contribution is 7.92. The molecule has 2 amide bonds. The third-order valence-electron chi connectivity index (χ3n) is 4.99. The maximum atomic E-state index is 13.3. The third-order valence-corrected chi connectivity index (χ3v) is 7.05. The molecule has 1 N–H and O–H groups in total. The van der Waals surface area contributed by atoms with Crippen LogP contribution in [0.15, 0.2) is 36.4 Å². The van der Waals surface area contributed by atoms with E-state index < -0.39 is 56.9 Å². The number of benzene rings is 2. The topological polar surface area (TPSA) is 86.8 Å². The van der Waals surface area contributed by atoms with Crippen molar-refractivity contribution >= 4 is 62.3 Å². The molecular formula is C21H21Cl3F3N3O4S. The van der Waals surface area contributed by atoms with Crippen molar-refractivity contribution in [3.8, 4) is 0 Å². The zero-order valence-corrected chi connectivity index (χ0v) is 21.7. The molecule has 0 aliphatic heterocycles. The zero-order chi connectivity index (χ0) is 26.7. The number of nitrogens with one attached hydrogen (secondary N) is 1. The standard InChI is InChI=1S/C21H21Cl3F3N3O4S/c1-12(20(32)28-2)29(10-13-4-5-14(22)8-18(13)24)19(31)11-30(35(3,33)34)15-6-7-17(23)16(9-15)21(25,26)27/h4-9,12H,10-11H2,1-3H3,(H,28,32)/t12-/m1/s1. The van der Waals surface area contributed by atoms with Crippen LogP contribution in [0.3, 0.4) is 0 Å². The van der Waals surface area contributed by atoms with Gasteiger partial charge in [0.1, 0.15) is 12.6 Å². The van der Waals surface area contributed by atoms with E-state index in [1.165, 1.54) is 32.2 Å². The number of hydrogen-bond donors (Lipinski definition) is 1. The van der Waals surface area contributed by atoms with E-state index in [1.807, 2.05) is 0 Å². The van der Waals surface area contributed by atoms with E-state index in [1.54, 1.807) is 0 Å². The molecule has 35 heavy (non-hydrogen) atoms. The summed E-state index contributed by atoms with van der Waals surface area (Å²) in [6, 6.07) is 5.89. The summed E-state index contributed by atoms with van der Waals surface area (Å²) in [7, 11) is -2.88. The summed E-state index contributed by atoms with van der Waals surface area (Å²) in [5.74, 6) is -1.42. The van der Waals surface area contributed by atoms with Gasteiger partial charge in [-0.15, -0.1) is 0 Å². The average Bonchev–Trinajstić information content (AvgIpc) is 2.74. The first kappa shape index (κ1) is 29.0. The number of halogens is 6. The van der Waals surface area contributed by atoms with Crippen LogP contribution in [0.1, 0.15) is 18.1 Å². The third kappa shape index (κ3) is 7.39. The van der Waals surface area contributed by atoms with Crippen molar-refractivity contribution in [2.24, 2.45) is 0 Å². The lowest BCUT2D eigenvalue weighted by molar-refractivity contribution is -0.139. The van der Waals surface area contributed by atoms with Gasteiger partial charge in [0.2, 0.25) is 21.8 Å². The first-order valence-electron chi connectivity index (χ1n) is 9.85. The van der Waals surface area contributed by atoms with Gasteiger partial charge in [0.25, 0.3) is 0 Å². The molecule has 0 saturated carbocycles. The lowest BCUT2D eigenvalue weighted by Crippen LogP contribution is -2.50. The molecule has 0 radical (unpaired) electrons. The Morgan fingerprint density at radius 3 is 2.20 bits per heavy atom. The fourth-order valence-corrected chi connectivity index (χ4v) is 4.66. The number of rotatable bonds is 8. The summed E-state index contributed by atoms with van der Waals surface area (Å²) in [6.07, 6.45) is -4.11. The Hall–Kier alpha value is -2.21. The van der Waals surface area contributed by atoms with Crippen molar-refractivity contribution in [1.82, 2.24) is 10.2 Å². The predicted molar refractivity (Wildman–Crippen MR) is 129 cm³/mol. The van der Waals surface area contributed by atoms with Crippen LogP contribution in [0.25, 0.3) is 0 Å². The molecular weight excluding hydrogens is 554 g/mol. The second-order valence-electron chi connectivity index (χ2n) is 7.48. The van der Waals surface area contributed by atoms with E-state index in [4.69, 9.17) is 34.8 Å². The average molecular weight is 575 g/mol. The van der Waals surface area contributed by atoms with Gasteiger partial charge < -0.3 is 10.2 Å². The SMILES string of the molecule is CNC(=O)[C@@H](C)N(Cc1ccc(Cl)cc1Cl)C(=O)CN(c1ccc(Cl)c(C(F)(F)F)c1)S(C)(=O)=O. The lowest BCUT2D eigenvalue weighted by Gasteiger charge is -2.31. The molecule has 2 aromatic rings. The number of likely N-dealkylation sites (N-methyl/N-ethyl adjacent to an activating group) is 1.